The molecule has 2 aromatic rings. The van der Waals surface area contributed by atoms with Crippen molar-refractivity contribution < 1.29 is 4.42 Å². The highest BCUT2D eigenvalue weighted by atomic mass is 79.9. The number of halogens is 1. The molecule has 0 radical (unpaired) electrons. The third kappa shape index (κ3) is 2.17. The van der Waals surface area contributed by atoms with Gasteiger partial charge in [0.15, 0.2) is 0 Å². The van der Waals surface area contributed by atoms with Gasteiger partial charge in [-0.15, -0.1) is 11.3 Å². The number of thiophene rings is 1. The van der Waals surface area contributed by atoms with Crippen LogP contribution in [-0.4, -0.2) is 0 Å². The molecule has 2 rings (SSSR count). The van der Waals surface area contributed by atoms with Crippen molar-refractivity contribution in [2.45, 2.75) is 19.9 Å². The van der Waals surface area contributed by atoms with E-state index in [1.807, 2.05) is 19.1 Å². The zero-order chi connectivity index (χ0) is 11.0. The summed E-state index contributed by atoms with van der Waals surface area (Å²) in [6.45, 7) is 3.99. The smallest absolute Gasteiger partial charge is 0.126 e. The molecule has 1 unspecified atom stereocenters. The molecular weight excluding hydrogens is 274 g/mol. The molecule has 0 amide bonds. The van der Waals surface area contributed by atoms with Gasteiger partial charge < -0.3 is 10.2 Å². The van der Waals surface area contributed by atoms with E-state index < -0.39 is 0 Å². The van der Waals surface area contributed by atoms with Gasteiger partial charge in [-0.2, -0.15) is 0 Å². The molecule has 0 spiro atoms. The molecule has 2 heterocycles. The van der Waals surface area contributed by atoms with Crippen molar-refractivity contribution in [1.82, 2.24) is 0 Å². The first-order chi connectivity index (χ1) is 7.08. The number of furan rings is 1. The van der Waals surface area contributed by atoms with Gasteiger partial charge >= 0.3 is 0 Å². The van der Waals surface area contributed by atoms with E-state index >= 15 is 0 Å². The van der Waals surface area contributed by atoms with Crippen LogP contribution in [0.1, 0.15) is 27.3 Å². The summed E-state index contributed by atoms with van der Waals surface area (Å²) < 4.78 is 6.59. The van der Waals surface area contributed by atoms with Crippen molar-refractivity contribution in [3.8, 4) is 0 Å². The zero-order valence-electron chi connectivity index (χ0n) is 8.58. The minimum absolute atomic E-state index is 0.174. The second kappa shape index (κ2) is 4.12. The number of aryl methyl sites for hydroxylation is 2. The molecule has 4 heteroatoms. The van der Waals surface area contributed by atoms with E-state index in [1.165, 1.54) is 4.88 Å². The summed E-state index contributed by atoms with van der Waals surface area (Å²) in [6, 6.07) is 5.77. The second-order valence-corrected chi connectivity index (χ2v) is 5.64. The summed E-state index contributed by atoms with van der Waals surface area (Å²) in [5.74, 6) is 1.71. The van der Waals surface area contributed by atoms with Crippen LogP contribution in [0.3, 0.4) is 0 Å². The monoisotopic (exact) mass is 285 g/mol. The minimum Gasteiger partial charge on any atom is -0.464 e. The molecule has 0 saturated heterocycles. The van der Waals surface area contributed by atoms with Crippen molar-refractivity contribution in [3.63, 3.8) is 0 Å². The van der Waals surface area contributed by atoms with Crippen LogP contribution in [0.4, 0.5) is 0 Å². The Bertz CT molecular complexity index is 475. The van der Waals surface area contributed by atoms with Gasteiger partial charge in [0.25, 0.3) is 0 Å². The van der Waals surface area contributed by atoms with Crippen LogP contribution >= 0.6 is 27.3 Å². The van der Waals surface area contributed by atoms with Crippen molar-refractivity contribution in [3.05, 3.63) is 43.9 Å². The second-order valence-electron chi connectivity index (χ2n) is 3.50. The fourth-order valence-corrected chi connectivity index (χ4v) is 3.37. The van der Waals surface area contributed by atoms with Gasteiger partial charge in [-0.3, -0.25) is 0 Å². The van der Waals surface area contributed by atoms with E-state index in [-0.39, 0.29) is 6.04 Å². The predicted octanol–water partition coefficient (Wildman–Crippen LogP) is 3.77. The minimum atomic E-state index is -0.174. The summed E-state index contributed by atoms with van der Waals surface area (Å²) in [7, 11) is 0. The van der Waals surface area contributed by atoms with Gasteiger partial charge in [0.05, 0.1) is 6.04 Å². The Labute approximate surface area is 101 Å². The summed E-state index contributed by atoms with van der Waals surface area (Å²) in [6.07, 6.45) is 0. The van der Waals surface area contributed by atoms with Crippen LogP contribution in [0.25, 0.3) is 0 Å². The zero-order valence-corrected chi connectivity index (χ0v) is 11.0. The summed E-state index contributed by atoms with van der Waals surface area (Å²) in [4.78, 5) is 2.36. The molecule has 2 aromatic heterocycles. The Morgan fingerprint density at radius 1 is 1.40 bits per heavy atom. The van der Waals surface area contributed by atoms with Crippen LogP contribution in [0.5, 0.6) is 0 Å². The van der Waals surface area contributed by atoms with Crippen LogP contribution in [-0.2, 0) is 0 Å². The SMILES string of the molecule is Cc1ccc(C(N)c2sc(C)cc2Br)o1. The number of nitrogens with two attached hydrogens (primary N) is 1. The summed E-state index contributed by atoms with van der Waals surface area (Å²) in [5, 5.41) is 0. The highest BCUT2D eigenvalue weighted by molar-refractivity contribution is 9.10. The molecule has 15 heavy (non-hydrogen) atoms. The number of hydrogen-bond donors (Lipinski definition) is 1. The van der Waals surface area contributed by atoms with Crippen molar-refractivity contribution >= 4 is 27.3 Å². The van der Waals surface area contributed by atoms with Gasteiger partial charge in [0, 0.05) is 14.2 Å². The largest absolute Gasteiger partial charge is 0.464 e. The van der Waals surface area contributed by atoms with Crippen LogP contribution < -0.4 is 5.73 Å². The molecule has 2 N–H and O–H groups in total. The lowest BCUT2D eigenvalue weighted by Gasteiger charge is -2.06. The third-order valence-electron chi connectivity index (χ3n) is 2.19. The quantitative estimate of drug-likeness (QED) is 0.912. The van der Waals surface area contributed by atoms with Gasteiger partial charge in [-0.1, -0.05) is 0 Å². The number of hydrogen-bond acceptors (Lipinski definition) is 3. The topological polar surface area (TPSA) is 39.2 Å². The van der Waals surface area contributed by atoms with Crippen LogP contribution in [0, 0.1) is 13.8 Å². The molecule has 0 aromatic carbocycles. The lowest BCUT2D eigenvalue weighted by Crippen LogP contribution is -2.09. The summed E-state index contributed by atoms with van der Waals surface area (Å²) in [5.41, 5.74) is 6.13. The lowest BCUT2D eigenvalue weighted by atomic mass is 10.2. The molecule has 0 aliphatic rings. The first kappa shape index (κ1) is 10.9. The molecule has 0 saturated carbocycles. The average Bonchev–Trinajstić information content (AvgIpc) is 2.71. The molecule has 0 bridgehead atoms. The summed E-state index contributed by atoms with van der Waals surface area (Å²) >= 11 is 5.21. The molecular formula is C11H12BrNOS. The van der Waals surface area contributed by atoms with E-state index in [9.17, 15) is 0 Å². The van der Waals surface area contributed by atoms with E-state index in [4.69, 9.17) is 10.2 Å². The Hall–Kier alpha value is -0.580. The Kier molecular flexibility index (Phi) is 3.00. The van der Waals surface area contributed by atoms with Gasteiger partial charge in [-0.05, 0) is 48.0 Å². The Morgan fingerprint density at radius 3 is 2.60 bits per heavy atom. The standard InChI is InChI=1S/C11H12BrNOS/c1-6-3-4-9(14-6)10(13)11-8(12)5-7(2)15-11/h3-5,10H,13H2,1-2H3. The Morgan fingerprint density at radius 2 is 2.13 bits per heavy atom. The van der Waals surface area contributed by atoms with Gasteiger partial charge in [0.1, 0.15) is 11.5 Å². The van der Waals surface area contributed by atoms with E-state index in [0.717, 1.165) is 20.9 Å². The van der Waals surface area contributed by atoms with Crippen molar-refractivity contribution in [1.29, 1.82) is 0 Å². The Balaban J connectivity index is 2.35. The molecule has 80 valence electrons. The number of rotatable bonds is 2. The molecule has 0 fully saturated rings. The van der Waals surface area contributed by atoms with E-state index in [0.29, 0.717) is 0 Å². The van der Waals surface area contributed by atoms with Crippen molar-refractivity contribution in [2.75, 3.05) is 0 Å². The first-order valence-electron chi connectivity index (χ1n) is 4.65. The molecule has 0 aliphatic heterocycles. The highest BCUT2D eigenvalue weighted by Crippen LogP contribution is 2.34. The molecule has 2 nitrogen and oxygen atoms in total. The lowest BCUT2D eigenvalue weighted by molar-refractivity contribution is 0.467. The first-order valence-corrected chi connectivity index (χ1v) is 6.26. The van der Waals surface area contributed by atoms with E-state index in [1.54, 1.807) is 11.3 Å². The maximum absolute atomic E-state index is 6.13. The maximum Gasteiger partial charge on any atom is 0.126 e. The van der Waals surface area contributed by atoms with Crippen LogP contribution in [0.2, 0.25) is 0 Å². The third-order valence-corrected chi connectivity index (χ3v) is 4.24. The fraction of sp³-hybridized carbons (Fsp3) is 0.273. The molecule has 0 aliphatic carbocycles. The predicted molar refractivity (Wildman–Crippen MR) is 66.2 cm³/mol. The molecule has 1 atom stereocenters. The van der Waals surface area contributed by atoms with Gasteiger partial charge in [-0.25, -0.2) is 0 Å². The van der Waals surface area contributed by atoms with E-state index in [2.05, 4.69) is 28.9 Å². The van der Waals surface area contributed by atoms with Crippen molar-refractivity contribution in [2.24, 2.45) is 5.73 Å². The van der Waals surface area contributed by atoms with Crippen LogP contribution in [0.15, 0.2) is 27.1 Å². The highest BCUT2D eigenvalue weighted by Gasteiger charge is 2.17. The normalized spacial score (nSPS) is 13.1. The maximum atomic E-state index is 6.13. The fourth-order valence-electron chi connectivity index (χ4n) is 1.46. The average molecular weight is 286 g/mol. The van der Waals surface area contributed by atoms with Gasteiger partial charge in [0.2, 0.25) is 0 Å².